The second-order valence-corrected chi connectivity index (χ2v) is 8.27. The molecule has 0 aliphatic heterocycles. The van der Waals surface area contributed by atoms with E-state index in [4.69, 9.17) is 4.52 Å². The Morgan fingerprint density at radius 2 is 1.83 bits per heavy atom. The van der Waals surface area contributed by atoms with Gasteiger partial charge in [0, 0.05) is 12.6 Å². The van der Waals surface area contributed by atoms with E-state index in [1.807, 2.05) is 17.5 Å². The highest BCUT2D eigenvalue weighted by atomic mass is 32.1. The van der Waals surface area contributed by atoms with Gasteiger partial charge in [-0.3, -0.25) is 9.69 Å². The predicted molar refractivity (Wildman–Crippen MR) is 118 cm³/mol. The second-order valence-electron chi connectivity index (χ2n) is 7.32. The summed E-state index contributed by atoms with van der Waals surface area (Å²) in [6.45, 7) is 11.0. The smallest absolute Gasteiger partial charge is 0.273 e. The van der Waals surface area contributed by atoms with Crippen molar-refractivity contribution in [1.29, 1.82) is 0 Å². The van der Waals surface area contributed by atoms with Crippen molar-refractivity contribution in [1.82, 2.24) is 15.4 Å². The van der Waals surface area contributed by atoms with E-state index in [0.29, 0.717) is 23.9 Å². The van der Waals surface area contributed by atoms with Crippen LogP contribution in [0.5, 0.6) is 0 Å². The number of carbonyl (C=O) groups is 1. The number of thiophene rings is 1. The zero-order valence-electron chi connectivity index (χ0n) is 17.5. The third-order valence-corrected chi connectivity index (χ3v) is 6.09. The SMILES string of the molecule is CCN(CC)[C@@H](CNC(=O)c1cc(-c2cccs2)on1)c1ccc(C(C)C)cc1. The maximum Gasteiger partial charge on any atom is 0.273 e. The lowest BCUT2D eigenvalue weighted by Gasteiger charge is -2.30. The number of carbonyl (C=O) groups excluding carboxylic acids is 1. The van der Waals surface area contributed by atoms with Gasteiger partial charge in [0.25, 0.3) is 5.91 Å². The van der Waals surface area contributed by atoms with Crippen LogP contribution in [0.4, 0.5) is 0 Å². The molecule has 29 heavy (non-hydrogen) atoms. The fraction of sp³-hybridized carbons (Fsp3) is 0.391. The van der Waals surface area contributed by atoms with Gasteiger partial charge in [-0.15, -0.1) is 11.3 Å². The molecule has 1 atom stereocenters. The summed E-state index contributed by atoms with van der Waals surface area (Å²) < 4.78 is 5.34. The number of amides is 1. The number of nitrogens with one attached hydrogen (secondary N) is 1. The quantitative estimate of drug-likeness (QED) is 0.516. The summed E-state index contributed by atoms with van der Waals surface area (Å²) in [5.41, 5.74) is 2.83. The number of hydrogen-bond acceptors (Lipinski definition) is 5. The summed E-state index contributed by atoms with van der Waals surface area (Å²) in [7, 11) is 0. The average Bonchev–Trinajstić information content (AvgIpc) is 3.43. The highest BCUT2D eigenvalue weighted by Gasteiger charge is 2.21. The van der Waals surface area contributed by atoms with Crippen molar-refractivity contribution in [3.63, 3.8) is 0 Å². The van der Waals surface area contributed by atoms with Crippen LogP contribution >= 0.6 is 11.3 Å². The Morgan fingerprint density at radius 3 is 2.41 bits per heavy atom. The zero-order chi connectivity index (χ0) is 20.8. The molecule has 154 valence electrons. The maximum atomic E-state index is 12.7. The summed E-state index contributed by atoms with van der Waals surface area (Å²) in [5.74, 6) is 0.905. The molecule has 3 aromatic rings. The van der Waals surface area contributed by atoms with Gasteiger partial charge in [0.2, 0.25) is 0 Å². The Morgan fingerprint density at radius 1 is 1.14 bits per heavy atom. The highest BCUT2D eigenvalue weighted by molar-refractivity contribution is 7.13. The number of rotatable bonds is 9. The molecule has 1 amide bonds. The van der Waals surface area contributed by atoms with Crippen molar-refractivity contribution >= 4 is 17.2 Å². The lowest BCUT2D eigenvalue weighted by atomic mass is 9.98. The Balaban J connectivity index is 1.72. The fourth-order valence-electron chi connectivity index (χ4n) is 3.42. The molecule has 0 fully saturated rings. The van der Waals surface area contributed by atoms with E-state index in [0.717, 1.165) is 18.0 Å². The van der Waals surface area contributed by atoms with E-state index >= 15 is 0 Å². The number of benzene rings is 1. The van der Waals surface area contributed by atoms with E-state index < -0.39 is 0 Å². The normalized spacial score (nSPS) is 12.5. The molecule has 0 aliphatic rings. The van der Waals surface area contributed by atoms with E-state index in [1.165, 1.54) is 11.1 Å². The van der Waals surface area contributed by atoms with Crippen LogP contribution in [0.3, 0.4) is 0 Å². The number of hydrogen-bond donors (Lipinski definition) is 1. The topological polar surface area (TPSA) is 58.4 Å². The van der Waals surface area contributed by atoms with Gasteiger partial charge in [-0.1, -0.05) is 63.2 Å². The lowest BCUT2D eigenvalue weighted by molar-refractivity contribution is 0.0926. The lowest BCUT2D eigenvalue weighted by Crippen LogP contribution is -2.38. The molecule has 5 nitrogen and oxygen atoms in total. The van der Waals surface area contributed by atoms with E-state index in [1.54, 1.807) is 17.4 Å². The minimum absolute atomic E-state index is 0.110. The minimum atomic E-state index is -0.215. The van der Waals surface area contributed by atoms with Crippen LogP contribution < -0.4 is 5.32 Å². The number of nitrogens with zero attached hydrogens (tertiary/aromatic N) is 2. The van der Waals surface area contributed by atoms with Crippen molar-refractivity contribution < 1.29 is 9.32 Å². The van der Waals surface area contributed by atoms with E-state index in [-0.39, 0.29) is 11.9 Å². The molecule has 0 saturated heterocycles. The van der Waals surface area contributed by atoms with E-state index in [9.17, 15) is 4.79 Å². The largest absolute Gasteiger partial charge is 0.355 e. The molecule has 6 heteroatoms. The molecule has 2 heterocycles. The first-order valence-corrected chi connectivity index (χ1v) is 11.0. The Kier molecular flexibility index (Phi) is 7.23. The predicted octanol–water partition coefficient (Wildman–Crippen LogP) is 5.34. The van der Waals surface area contributed by atoms with Gasteiger partial charge in [0.15, 0.2) is 11.5 Å². The van der Waals surface area contributed by atoms with Crippen molar-refractivity contribution in [3.05, 3.63) is 64.7 Å². The fourth-order valence-corrected chi connectivity index (χ4v) is 4.10. The third kappa shape index (κ3) is 5.14. The molecule has 0 radical (unpaired) electrons. The molecule has 1 N–H and O–H groups in total. The molecule has 0 spiro atoms. The number of aromatic nitrogens is 1. The summed E-state index contributed by atoms with van der Waals surface area (Å²) in [4.78, 5) is 16.0. The van der Waals surface area contributed by atoms with Crippen LogP contribution in [0.2, 0.25) is 0 Å². The summed E-state index contributed by atoms with van der Waals surface area (Å²) in [5, 5.41) is 8.96. The van der Waals surface area contributed by atoms with Gasteiger partial charge in [-0.25, -0.2) is 0 Å². The maximum absolute atomic E-state index is 12.7. The first-order valence-electron chi connectivity index (χ1n) is 10.2. The van der Waals surface area contributed by atoms with Crippen LogP contribution in [-0.2, 0) is 0 Å². The number of likely N-dealkylation sites (N-methyl/N-ethyl adjacent to an activating group) is 1. The molecular formula is C23H29N3O2S. The average molecular weight is 412 g/mol. The van der Waals surface area contributed by atoms with E-state index in [2.05, 4.69) is 67.3 Å². The van der Waals surface area contributed by atoms with Gasteiger partial charge in [0.1, 0.15) is 0 Å². The molecule has 0 saturated carbocycles. The van der Waals surface area contributed by atoms with Crippen molar-refractivity contribution in [3.8, 4) is 10.6 Å². The van der Waals surface area contributed by atoms with Crippen molar-refractivity contribution in [2.24, 2.45) is 0 Å². The first-order chi connectivity index (χ1) is 14.0. The monoisotopic (exact) mass is 411 g/mol. The van der Waals surface area contributed by atoms with Crippen molar-refractivity contribution in [2.75, 3.05) is 19.6 Å². The molecular weight excluding hydrogens is 382 g/mol. The van der Waals surface area contributed by atoms with Gasteiger partial charge < -0.3 is 9.84 Å². The molecule has 0 bridgehead atoms. The van der Waals surface area contributed by atoms with Gasteiger partial charge in [0.05, 0.1) is 10.9 Å². The van der Waals surface area contributed by atoms with Crippen LogP contribution in [0, 0.1) is 0 Å². The Hall–Kier alpha value is -2.44. The van der Waals surface area contributed by atoms with Crippen LogP contribution in [0.1, 0.15) is 61.3 Å². The first kappa shape index (κ1) is 21.3. The minimum Gasteiger partial charge on any atom is -0.355 e. The molecule has 0 unspecified atom stereocenters. The molecule has 2 aromatic heterocycles. The third-order valence-electron chi connectivity index (χ3n) is 5.20. The van der Waals surface area contributed by atoms with Gasteiger partial charge in [-0.2, -0.15) is 0 Å². The van der Waals surface area contributed by atoms with Crippen molar-refractivity contribution in [2.45, 2.75) is 39.7 Å². The standard InChI is InChI=1S/C23H29N3O2S/c1-5-26(6-2)20(18-11-9-17(10-12-18)16(3)4)15-24-23(27)19-14-21(28-25-19)22-8-7-13-29-22/h7-14,16,20H,5-6,15H2,1-4H3,(H,24,27)/t20-/m0/s1. The Labute approximate surface area is 176 Å². The Bertz CT molecular complexity index is 897. The molecule has 1 aromatic carbocycles. The van der Waals surface area contributed by atoms with Crippen LogP contribution in [0.15, 0.2) is 52.4 Å². The van der Waals surface area contributed by atoms with Crippen LogP contribution in [0.25, 0.3) is 10.6 Å². The van der Waals surface area contributed by atoms with Gasteiger partial charge >= 0.3 is 0 Å². The summed E-state index contributed by atoms with van der Waals surface area (Å²) in [6, 6.07) is 14.4. The summed E-state index contributed by atoms with van der Waals surface area (Å²) in [6.07, 6.45) is 0. The highest BCUT2D eigenvalue weighted by Crippen LogP contribution is 2.26. The van der Waals surface area contributed by atoms with Crippen LogP contribution in [-0.4, -0.2) is 35.6 Å². The second kappa shape index (κ2) is 9.85. The zero-order valence-corrected chi connectivity index (χ0v) is 18.3. The van der Waals surface area contributed by atoms with Gasteiger partial charge in [-0.05, 0) is 41.6 Å². The molecule has 3 rings (SSSR count). The molecule has 0 aliphatic carbocycles. The summed E-state index contributed by atoms with van der Waals surface area (Å²) >= 11 is 1.56.